The minimum absolute atomic E-state index is 0.787. The van der Waals surface area contributed by atoms with Gasteiger partial charge in [-0.25, -0.2) is 0 Å². The minimum atomic E-state index is 0.787. The summed E-state index contributed by atoms with van der Waals surface area (Å²) >= 11 is 6.00. The first-order valence-electron chi connectivity index (χ1n) is 4.92. The molecule has 1 aromatic rings. The zero-order chi connectivity index (χ0) is 11.1. The monoisotopic (exact) mass is 221 g/mol. The Hall–Kier alpha value is -1.05. The molecular weight excluding hydrogens is 206 g/mol. The number of hydrogen-bond acceptors (Lipinski definition) is 1. The average molecular weight is 222 g/mol. The summed E-state index contributed by atoms with van der Waals surface area (Å²) in [4.78, 5) is 2.11. The van der Waals surface area contributed by atoms with E-state index in [4.69, 9.17) is 11.6 Å². The van der Waals surface area contributed by atoms with Crippen molar-refractivity contribution in [2.45, 2.75) is 0 Å². The first-order chi connectivity index (χ1) is 7.20. The van der Waals surface area contributed by atoms with Crippen LogP contribution < -0.4 is 0 Å². The SMILES string of the molecule is CN(C)CC=CC=Cc1ccccc1Cl. The largest absolute Gasteiger partial charge is 0.306 e. The Morgan fingerprint density at radius 2 is 1.93 bits per heavy atom. The fourth-order valence-corrected chi connectivity index (χ4v) is 1.32. The summed E-state index contributed by atoms with van der Waals surface area (Å²) in [5, 5.41) is 0.787. The molecule has 2 heteroatoms. The molecule has 0 saturated heterocycles. The number of benzene rings is 1. The van der Waals surface area contributed by atoms with Crippen LogP contribution in [-0.4, -0.2) is 25.5 Å². The summed E-state index contributed by atoms with van der Waals surface area (Å²) < 4.78 is 0. The van der Waals surface area contributed by atoms with E-state index in [1.807, 2.05) is 56.6 Å². The van der Waals surface area contributed by atoms with Gasteiger partial charge in [-0.2, -0.15) is 0 Å². The molecule has 0 fully saturated rings. The van der Waals surface area contributed by atoms with Crippen LogP contribution in [-0.2, 0) is 0 Å². The molecular formula is C13H16ClN. The molecule has 0 aliphatic rings. The van der Waals surface area contributed by atoms with Gasteiger partial charge >= 0.3 is 0 Å². The maximum absolute atomic E-state index is 6.00. The molecule has 0 aliphatic carbocycles. The molecule has 1 aromatic carbocycles. The molecule has 0 aliphatic heterocycles. The maximum atomic E-state index is 6.00. The van der Waals surface area contributed by atoms with E-state index in [-0.39, 0.29) is 0 Å². The smallest absolute Gasteiger partial charge is 0.0478 e. The predicted molar refractivity (Wildman–Crippen MR) is 68.2 cm³/mol. The van der Waals surface area contributed by atoms with E-state index in [2.05, 4.69) is 11.0 Å². The standard InChI is InChI=1S/C13H16ClN/c1-15(2)11-7-3-4-8-12-9-5-6-10-13(12)14/h3-10H,11H2,1-2H3. The maximum Gasteiger partial charge on any atom is 0.0478 e. The van der Waals surface area contributed by atoms with E-state index in [9.17, 15) is 0 Å². The normalized spacial score (nSPS) is 12.0. The Bertz CT molecular complexity index is 353. The van der Waals surface area contributed by atoms with Crippen LogP contribution in [0.4, 0.5) is 0 Å². The number of nitrogens with zero attached hydrogens (tertiary/aromatic N) is 1. The van der Waals surface area contributed by atoms with Gasteiger partial charge in [-0.1, -0.05) is 54.1 Å². The third-order valence-electron chi connectivity index (χ3n) is 1.90. The minimum Gasteiger partial charge on any atom is -0.306 e. The lowest BCUT2D eigenvalue weighted by Gasteiger charge is -2.02. The zero-order valence-electron chi connectivity index (χ0n) is 9.15. The summed E-state index contributed by atoms with van der Waals surface area (Å²) in [6.07, 6.45) is 8.15. The van der Waals surface area contributed by atoms with Crippen LogP contribution in [0.15, 0.2) is 42.5 Å². The van der Waals surface area contributed by atoms with Crippen molar-refractivity contribution in [1.29, 1.82) is 0 Å². The highest BCUT2D eigenvalue weighted by molar-refractivity contribution is 6.32. The Balaban J connectivity index is 2.52. The summed E-state index contributed by atoms with van der Waals surface area (Å²) in [5.41, 5.74) is 1.05. The van der Waals surface area contributed by atoms with Crippen LogP contribution >= 0.6 is 11.6 Å². The van der Waals surface area contributed by atoms with E-state index in [1.54, 1.807) is 0 Å². The van der Waals surface area contributed by atoms with Gasteiger partial charge < -0.3 is 4.90 Å². The quantitative estimate of drug-likeness (QED) is 0.704. The average Bonchev–Trinajstić information content (AvgIpc) is 2.20. The van der Waals surface area contributed by atoms with Crippen molar-refractivity contribution >= 4 is 17.7 Å². The molecule has 0 N–H and O–H groups in total. The second-order valence-corrected chi connectivity index (χ2v) is 3.98. The summed E-state index contributed by atoms with van der Waals surface area (Å²) in [7, 11) is 4.09. The van der Waals surface area contributed by atoms with Crippen molar-refractivity contribution in [1.82, 2.24) is 4.90 Å². The third kappa shape index (κ3) is 4.82. The molecule has 80 valence electrons. The van der Waals surface area contributed by atoms with Crippen molar-refractivity contribution in [3.05, 3.63) is 53.1 Å². The van der Waals surface area contributed by atoms with Crippen LogP contribution in [0.1, 0.15) is 5.56 Å². The lowest BCUT2D eigenvalue weighted by atomic mass is 10.2. The highest BCUT2D eigenvalue weighted by Gasteiger charge is 1.91. The first-order valence-corrected chi connectivity index (χ1v) is 5.30. The fraction of sp³-hybridized carbons (Fsp3) is 0.231. The molecule has 0 radical (unpaired) electrons. The molecule has 0 amide bonds. The van der Waals surface area contributed by atoms with Gasteiger partial charge in [0.2, 0.25) is 0 Å². The van der Waals surface area contributed by atoms with Crippen molar-refractivity contribution in [2.75, 3.05) is 20.6 Å². The molecule has 1 rings (SSSR count). The lowest BCUT2D eigenvalue weighted by molar-refractivity contribution is 0.456. The molecule has 1 nitrogen and oxygen atoms in total. The van der Waals surface area contributed by atoms with Crippen LogP contribution in [0.3, 0.4) is 0 Å². The van der Waals surface area contributed by atoms with Crippen LogP contribution in [0.5, 0.6) is 0 Å². The van der Waals surface area contributed by atoms with Gasteiger partial charge in [0.1, 0.15) is 0 Å². The fourth-order valence-electron chi connectivity index (χ4n) is 1.12. The summed E-state index contributed by atoms with van der Waals surface area (Å²) in [6, 6.07) is 7.81. The van der Waals surface area contributed by atoms with Crippen LogP contribution in [0.2, 0.25) is 5.02 Å². The highest BCUT2D eigenvalue weighted by atomic mass is 35.5. The topological polar surface area (TPSA) is 3.24 Å². The van der Waals surface area contributed by atoms with E-state index in [1.165, 1.54) is 0 Å². The number of likely N-dealkylation sites (N-methyl/N-ethyl adjacent to an activating group) is 1. The van der Waals surface area contributed by atoms with Gasteiger partial charge in [0, 0.05) is 11.6 Å². The van der Waals surface area contributed by atoms with Gasteiger partial charge in [0.15, 0.2) is 0 Å². The second-order valence-electron chi connectivity index (χ2n) is 3.57. The number of allylic oxidation sites excluding steroid dienone is 2. The first kappa shape index (κ1) is 12.0. The second kappa shape index (κ2) is 6.44. The number of hydrogen-bond donors (Lipinski definition) is 0. The Kier molecular flexibility index (Phi) is 5.16. The Morgan fingerprint density at radius 1 is 1.20 bits per heavy atom. The third-order valence-corrected chi connectivity index (χ3v) is 2.24. The molecule has 0 unspecified atom stereocenters. The van der Waals surface area contributed by atoms with Gasteiger partial charge in [0.05, 0.1) is 0 Å². The van der Waals surface area contributed by atoms with Crippen LogP contribution in [0, 0.1) is 0 Å². The van der Waals surface area contributed by atoms with Gasteiger partial charge in [-0.3, -0.25) is 0 Å². The lowest BCUT2D eigenvalue weighted by Crippen LogP contribution is -2.10. The van der Waals surface area contributed by atoms with Crippen LogP contribution in [0.25, 0.3) is 6.08 Å². The van der Waals surface area contributed by atoms with Crippen molar-refractivity contribution in [3.8, 4) is 0 Å². The molecule has 15 heavy (non-hydrogen) atoms. The van der Waals surface area contributed by atoms with Gasteiger partial charge in [0.25, 0.3) is 0 Å². The summed E-state index contributed by atoms with van der Waals surface area (Å²) in [5.74, 6) is 0. The Labute approximate surface area is 96.7 Å². The van der Waals surface area contributed by atoms with Crippen molar-refractivity contribution < 1.29 is 0 Å². The number of rotatable bonds is 4. The Morgan fingerprint density at radius 3 is 2.60 bits per heavy atom. The number of halogens is 1. The van der Waals surface area contributed by atoms with E-state index < -0.39 is 0 Å². The predicted octanol–water partition coefficient (Wildman–Crippen LogP) is 3.47. The molecule has 0 saturated carbocycles. The van der Waals surface area contributed by atoms with E-state index >= 15 is 0 Å². The van der Waals surface area contributed by atoms with E-state index in [0.717, 1.165) is 17.1 Å². The molecule has 0 aromatic heterocycles. The zero-order valence-corrected chi connectivity index (χ0v) is 9.91. The molecule has 0 spiro atoms. The highest BCUT2D eigenvalue weighted by Crippen LogP contribution is 2.15. The molecule has 0 heterocycles. The molecule has 0 bridgehead atoms. The van der Waals surface area contributed by atoms with Gasteiger partial charge in [-0.15, -0.1) is 0 Å². The van der Waals surface area contributed by atoms with Gasteiger partial charge in [-0.05, 0) is 25.7 Å². The van der Waals surface area contributed by atoms with Crippen molar-refractivity contribution in [3.63, 3.8) is 0 Å². The van der Waals surface area contributed by atoms with Crippen molar-refractivity contribution in [2.24, 2.45) is 0 Å². The molecule has 0 atom stereocenters. The van der Waals surface area contributed by atoms with E-state index in [0.29, 0.717) is 0 Å². The summed E-state index contributed by atoms with van der Waals surface area (Å²) in [6.45, 7) is 0.951.